The Hall–Kier alpha value is -2.04. The van der Waals surface area contributed by atoms with Gasteiger partial charge in [0.05, 0.1) is 13.2 Å². The van der Waals surface area contributed by atoms with Crippen LogP contribution < -0.4 is 9.47 Å². The molecule has 1 aromatic carbocycles. The van der Waals surface area contributed by atoms with Crippen molar-refractivity contribution in [3.63, 3.8) is 0 Å². The molecule has 0 N–H and O–H groups in total. The molecule has 1 rings (SSSR count). The minimum Gasteiger partial charge on any atom is -0.493 e. The van der Waals surface area contributed by atoms with Gasteiger partial charge in [-0.05, 0) is 32.0 Å². The molecule has 0 aliphatic carbocycles. The fourth-order valence-corrected chi connectivity index (χ4v) is 1.39. The maximum Gasteiger partial charge on any atom is 0.342 e. The summed E-state index contributed by atoms with van der Waals surface area (Å²) in [6.07, 6.45) is 0. The van der Waals surface area contributed by atoms with E-state index in [1.165, 1.54) is 13.0 Å². The zero-order valence-corrected chi connectivity index (χ0v) is 10.7. The molecule has 0 aliphatic heterocycles. The first-order valence-corrected chi connectivity index (χ1v) is 5.70. The van der Waals surface area contributed by atoms with Crippen molar-refractivity contribution in [1.82, 2.24) is 0 Å². The Balaban J connectivity index is 3.06. The van der Waals surface area contributed by atoms with E-state index in [1.807, 2.05) is 6.92 Å². The van der Waals surface area contributed by atoms with Gasteiger partial charge in [0.15, 0.2) is 0 Å². The molecule has 0 heterocycles. The molecular weight excluding hydrogens is 236 g/mol. The van der Waals surface area contributed by atoms with Gasteiger partial charge < -0.3 is 14.2 Å². The van der Waals surface area contributed by atoms with E-state index in [2.05, 4.69) is 0 Å². The summed E-state index contributed by atoms with van der Waals surface area (Å²) in [5.41, 5.74) is 0.248. The molecule has 5 heteroatoms. The highest BCUT2D eigenvalue weighted by molar-refractivity contribution is 5.93. The molecule has 0 aliphatic rings. The van der Waals surface area contributed by atoms with Gasteiger partial charge in [-0.3, -0.25) is 4.79 Å². The minimum absolute atomic E-state index is 0.248. The maximum atomic E-state index is 11.7. The molecule has 0 amide bonds. The van der Waals surface area contributed by atoms with Gasteiger partial charge >= 0.3 is 11.9 Å². The summed E-state index contributed by atoms with van der Waals surface area (Å²) in [6, 6.07) is 4.58. The lowest BCUT2D eigenvalue weighted by Gasteiger charge is -2.11. The van der Waals surface area contributed by atoms with Crippen LogP contribution in [0.2, 0.25) is 0 Å². The van der Waals surface area contributed by atoms with Crippen molar-refractivity contribution >= 4 is 11.9 Å². The average molecular weight is 252 g/mol. The van der Waals surface area contributed by atoms with Crippen LogP contribution >= 0.6 is 0 Å². The quantitative estimate of drug-likeness (QED) is 0.593. The van der Waals surface area contributed by atoms with Crippen LogP contribution in [0.4, 0.5) is 0 Å². The second-order valence-corrected chi connectivity index (χ2v) is 3.41. The highest BCUT2D eigenvalue weighted by atomic mass is 16.5. The highest BCUT2D eigenvalue weighted by Gasteiger charge is 2.15. The van der Waals surface area contributed by atoms with Crippen LogP contribution in [0.1, 0.15) is 31.1 Å². The SMILES string of the molecule is CCOC(=O)c1cc(OC(C)=O)ccc1OCC. The number of rotatable bonds is 5. The topological polar surface area (TPSA) is 61.8 Å². The predicted molar refractivity (Wildman–Crippen MR) is 64.9 cm³/mol. The number of hydrogen-bond donors (Lipinski definition) is 0. The molecule has 0 bridgehead atoms. The van der Waals surface area contributed by atoms with Crippen molar-refractivity contribution in [2.75, 3.05) is 13.2 Å². The van der Waals surface area contributed by atoms with Crippen LogP contribution in [0, 0.1) is 0 Å². The zero-order chi connectivity index (χ0) is 13.5. The first-order chi connectivity index (χ1) is 8.58. The van der Waals surface area contributed by atoms with Gasteiger partial charge in [-0.1, -0.05) is 0 Å². The lowest BCUT2D eigenvalue weighted by molar-refractivity contribution is -0.131. The molecule has 0 aromatic heterocycles. The van der Waals surface area contributed by atoms with Crippen LogP contribution in [0.3, 0.4) is 0 Å². The van der Waals surface area contributed by atoms with Gasteiger partial charge in [0.2, 0.25) is 0 Å². The number of carbonyl (C=O) groups is 2. The van der Waals surface area contributed by atoms with Crippen LogP contribution in [0.5, 0.6) is 11.5 Å². The third kappa shape index (κ3) is 3.76. The first-order valence-electron chi connectivity index (χ1n) is 5.70. The molecule has 0 saturated carbocycles. The van der Waals surface area contributed by atoms with Crippen molar-refractivity contribution in [2.45, 2.75) is 20.8 Å². The van der Waals surface area contributed by atoms with E-state index in [9.17, 15) is 9.59 Å². The van der Waals surface area contributed by atoms with Crippen molar-refractivity contribution in [3.8, 4) is 11.5 Å². The summed E-state index contributed by atoms with van der Waals surface area (Å²) in [6.45, 7) is 5.52. The molecule has 0 saturated heterocycles. The third-order valence-corrected chi connectivity index (χ3v) is 2.01. The Labute approximate surface area is 106 Å². The normalized spacial score (nSPS) is 9.72. The van der Waals surface area contributed by atoms with Crippen molar-refractivity contribution < 1.29 is 23.8 Å². The summed E-state index contributed by atoms with van der Waals surface area (Å²) >= 11 is 0. The van der Waals surface area contributed by atoms with E-state index >= 15 is 0 Å². The van der Waals surface area contributed by atoms with Gasteiger partial charge in [-0.2, -0.15) is 0 Å². The molecular formula is C13H16O5. The van der Waals surface area contributed by atoms with E-state index in [4.69, 9.17) is 14.2 Å². The summed E-state index contributed by atoms with van der Waals surface area (Å²) in [4.78, 5) is 22.6. The van der Waals surface area contributed by atoms with Gasteiger partial charge in [0.25, 0.3) is 0 Å². The Morgan fingerprint density at radius 2 is 1.89 bits per heavy atom. The van der Waals surface area contributed by atoms with E-state index in [0.717, 1.165) is 0 Å². The molecule has 18 heavy (non-hydrogen) atoms. The summed E-state index contributed by atoms with van der Waals surface area (Å²) in [7, 11) is 0. The standard InChI is InChI=1S/C13H16O5/c1-4-16-12-7-6-10(18-9(3)14)8-11(12)13(15)17-5-2/h6-8H,4-5H2,1-3H3. The Morgan fingerprint density at radius 3 is 2.44 bits per heavy atom. The first kappa shape index (κ1) is 14.0. The third-order valence-electron chi connectivity index (χ3n) is 2.01. The molecule has 0 fully saturated rings. The number of hydrogen-bond acceptors (Lipinski definition) is 5. The second kappa shape index (κ2) is 6.64. The maximum absolute atomic E-state index is 11.7. The average Bonchev–Trinajstić information content (AvgIpc) is 2.31. The minimum atomic E-state index is -0.505. The molecule has 0 spiro atoms. The Bertz CT molecular complexity index is 439. The van der Waals surface area contributed by atoms with Crippen LogP contribution in [0.15, 0.2) is 18.2 Å². The van der Waals surface area contributed by atoms with E-state index in [0.29, 0.717) is 12.4 Å². The van der Waals surface area contributed by atoms with E-state index in [1.54, 1.807) is 19.1 Å². The van der Waals surface area contributed by atoms with Gasteiger partial charge in [0, 0.05) is 6.92 Å². The number of benzene rings is 1. The second-order valence-electron chi connectivity index (χ2n) is 3.41. The zero-order valence-electron chi connectivity index (χ0n) is 10.7. The fraction of sp³-hybridized carbons (Fsp3) is 0.385. The predicted octanol–water partition coefficient (Wildman–Crippen LogP) is 2.19. The number of carbonyl (C=O) groups excluding carboxylic acids is 2. The van der Waals surface area contributed by atoms with Crippen molar-refractivity contribution in [1.29, 1.82) is 0 Å². The Kier molecular flexibility index (Phi) is 5.17. The molecule has 0 unspecified atom stereocenters. The van der Waals surface area contributed by atoms with Crippen molar-refractivity contribution in [3.05, 3.63) is 23.8 Å². The van der Waals surface area contributed by atoms with Gasteiger partial charge in [-0.25, -0.2) is 4.79 Å². The van der Waals surface area contributed by atoms with Crippen LogP contribution in [0.25, 0.3) is 0 Å². The van der Waals surface area contributed by atoms with Gasteiger partial charge in [0.1, 0.15) is 17.1 Å². The number of ether oxygens (including phenoxy) is 3. The number of esters is 2. The molecule has 0 radical (unpaired) electrons. The lowest BCUT2D eigenvalue weighted by atomic mass is 10.2. The summed E-state index contributed by atoms with van der Waals surface area (Å²) < 4.78 is 15.2. The van der Waals surface area contributed by atoms with Gasteiger partial charge in [-0.15, -0.1) is 0 Å². The smallest absolute Gasteiger partial charge is 0.342 e. The monoisotopic (exact) mass is 252 g/mol. The molecule has 0 atom stereocenters. The van der Waals surface area contributed by atoms with E-state index < -0.39 is 11.9 Å². The fourth-order valence-electron chi connectivity index (χ4n) is 1.39. The van der Waals surface area contributed by atoms with Crippen LogP contribution in [-0.4, -0.2) is 25.2 Å². The molecule has 98 valence electrons. The largest absolute Gasteiger partial charge is 0.493 e. The van der Waals surface area contributed by atoms with Crippen LogP contribution in [-0.2, 0) is 9.53 Å². The highest BCUT2D eigenvalue weighted by Crippen LogP contribution is 2.25. The van der Waals surface area contributed by atoms with Crippen molar-refractivity contribution in [2.24, 2.45) is 0 Å². The summed E-state index contributed by atoms with van der Waals surface area (Å²) in [5, 5.41) is 0. The summed E-state index contributed by atoms with van der Waals surface area (Å²) in [5.74, 6) is -0.259. The molecule has 5 nitrogen and oxygen atoms in total. The Morgan fingerprint density at radius 1 is 1.17 bits per heavy atom. The van der Waals surface area contributed by atoms with E-state index in [-0.39, 0.29) is 17.9 Å². The lowest BCUT2D eigenvalue weighted by Crippen LogP contribution is -2.09. The molecule has 1 aromatic rings.